The van der Waals surface area contributed by atoms with E-state index >= 15 is 0 Å². The van der Waals surface area contributed by atoms with Crippen molar-refractivity contribution in [3.05, 3.63) is 75.4 Å². The van der Waals surface area contributed by atoms with Gasteiger partial charge in [0.1, 0.15) is 6.10 Å². The molecule has 7 heteroatoms. The fourth-order valence-corrected chi connectivity index (χ4v) is 6.74. The van der Waals surface area contributed by atoms with E-state index in [1.54, 1.807) is 0 Å². The number of rotatable bonds is 1. The first kappa shape index (κ1) is 29.7. The quantitative estimate of drug-likeness (QED) is 0.180. The Balaban J connectivity index is 1.45. The first-order valence-corrected chi connectivity index (χ1v) is 15.7. The smallest absolute Gasteiger partial charge is 0.330 e. The van der Waals surface area contributed by atoms with Gasteiger partial charge in [-0.15, -0.1) is 0 Å². The molecule has 8 bridgehead atoms. The predicted molar refractivity (Wildman–Crippen MR) is 164 cm³/mol. The molecule has 0 amide bonds. The van der Waals surface area contributed by atoms with Crippen molar-refractivity contribution in [3.63, 3.8) is 0 Å². The van der Waals surface area contributed by atoms with Gasteiger partial charge >= 0.3 is 5.97 Å². The largest absolute Gasteiger partial charge is 0.458 e. The Bertz CT molecular complexity index is 1160. The van der Waals surface area contributed by atoms with Gasteiger partial charge in [0.05, 0.1) is 37.1 Å². The lowest BCUT2D eigenvalue weighted by Crippen LogP contribution is -2.50. The molecule has 5 rings (SSSR count). The second-order valence-electron chi connectivity index (χ2n) is 11.7. The van der Waals surface area contributed by atoms with Gasteiger partial charge in [-0.2, -0.15) is 0 Å². The summed E-state index contributed by atoms with van der Waals surface area (Å²) >= 11 is 2.26. The van der Waals surface area contributed by atoms with Crippen LogP contribution < -0.4 is 0 Å². The third kappa shape index (κ3) is 7.16. The second kappa shape index (κ2) is 13.5. The van der Waals surface area contributed by atoms with E-state index in [0.29, 0.717) is 19.4 Å². The van der Waals surface area contributed by atoms with Crippen LogP contribution in [0.2, 0.25) is 0 Å². The number of ether oxygens (including phenoxy) is 5. The molecule has 0 radical (unpaired) electrons. The van der Waals surface area contributed by atoms with E-state index in [1.807, 2.05) is 12.1 Å². The van der Waals surface area contributed by atoms with Crippen molar-refractivity contribution in [2.75, 3.05) is 6.61 Å². The van der Waals surface area contributed by atoms with Crippen LogP contribution in [0.4, 0.5) is 0 Å². The minimum atomic E-state index is -0.400. The van der Waals surface area contributed by atoms with Crippen LogP contribution >= 0.6 is 22.6 Å². The molecule has 0 N–H and O–H groups in total. The summed E-state index contributed by atoms with van der Waals surface area (Å²) in [6, 6.07) is 8.33. The number of benzene rings is 1. The van der Waals surface area contributed by atoms with Crippen molar-refractivity contribution in [2.45, 2.75) is 95.8 Å². The number of hydrogen-bond donors (Lipinski definition) is 0. The van der Waals surface area contributed by atoms with Crippen LogP contribution in [0.3, 0.4) is 0 Å². The molecule has 3 fully saturated rings. The standard InChI is InChI=1S/C33H41IO6/c1-20-15-26-11-12-30(35)40-32-22(3)29(39-31(23(32)4)21(2)19-34)10-6-8-24-7-5-9-25(17-24)33-36-14-13-27(38-33)18-28(16-20)37-26/h5-9,11-12,17,19,22-23,26-29,31-33H,1,10,13-16,18H2,2-4H3/b8-6+,12-11+,21-19+. The van der Waals surface area contributed by atoms with Crippen LogP contribution in [0.25, 0.3) is 6.08 Å². The SMILES string of the molecule is C=C1CC2/C=C/C(=O)OC3C(C)C(C/C=C/c4cccc(c4)C4OCCC(CC(C1)O2)O4)OC(/C(C)=C/I)C3C. The van der Waals surface area contributed by atoms with Crippen LogP contribution in [0.5, 0.6) is 0 Å². The minimum Gasteiger partial charge on any atom is -0.458 e. The zero-order valence-corrected chi connectivity index (χ0v) is 25.8. The van der Waals surface area contributed by atoms with E-state index in [4.69, 9.17) is 23.7 Å². The first-order valence-electron chi connectivity index (χ1n) is 14.5. The van der Waals surface area contributed by atoms with Gasteiger partial charge < -0.3 is 23.7 Å². The van der Waals surface area contributed by atoms with Crippen molar-refractivity contribution in [1.82, 2.24) is 0 Å². The lowest BCUT2D eigenvalue weighted by atomic mass is 9.79. The van der Waals surface area contributed by atoms with Gasteiger partial charge in [0.25, 0.3) is 0 Å². The Morgan fingerprint density at radius 2 is 1.93 bits per heavy atom. The molecule has 1 aromatic rings. The number of carbonyl (C=O) groups is 1. The maximum atomic E-state index is 13.1. The van der Waals surface area contributed by atoms with E-state index in [9.17, 15) is 4.79 Å². The number of fused-ring (bicyclic) bond motifs is 9. The number of carbonyl (C=O) groups excluding carboxylic acids is 1. The van der Waals surface area contributed by atoms with Gasteiger partial charge in [-0.1, -0.05) is 78.9 Å². The first-order chi connectivity index (χ1) is 19.3. The zero-order valence-electron chi connectivity index (χ0n) is 23.7. The predicted octanol–water partition coefficient (Wildman–Crippen LogP) is 7.25. The van der Waals surface area contributed by atoms with Gasteiger partial charge in [0, 0.05) is 29.9 Å². The van der Waals surface area contributed by atoms with Gasteiger partial charge in [-0.05, 0) is 60.0 Å². The highest BCUT2D eigenvalue weighted by Crippen LogP contribution is 2.38. The average molecular weight is 661 g/mol. The van der Waals surface area contributed by atoms with Crippen molar-refractivity contribution < 1.29 is 28.5 Å². The maximum Gasteiger partial charge on any atom is 0.330 e. The zero-order chi connectivity index (χ0) is 28.2. The molecular weight excluding hydrogens is 619 g/mol. The van der Waals surface area contributed by atoms with E-state index < -0.39 is 6.29 Å². The van der Waals surface area contributed by atoms with Crippen molar-refractivity contribution >= 4 is 34.6 Å². The molecule has 1 aromatic carbocycles. The molecule has 9 unspecified atom stereocenters. The molecule has 6 nitrogen and oxygen atoms in total. The third-order valence-corrected chi connectivity index (χ3v) is 9.51. The Hall–Kier alpha value is -1.78. The normalized spacial score (nSPS) is 39.1. The third-order valence-electron chi connectivity index (χ3n) is 8.53. The molecule has 4 aliphatic rings. The van der Waals surface area contributed by atoms with Crippen LogP contribution in [-0.4, -0.2) is 49.2 Å². The lowest BCUT2D eigenvalue weighted by Gasteiger charge is -2.44. The van der Waals surface area contributed by atoms with E-state index in [2.05, 4.69) is 84.4 Å². The summed E-state index contributed by atoms with van der Waals surface area (Å²) in [6.07, 6.45) is 10.4. The summed E-state index contributed by atoms with van der Waals surface area (Å²) < 4.78 is 33.6. The lowest BCUT2D eigenvalue weighted by molar-refractivity contribution is -0.225. The van der Waals surface area contributed by atoms with Crippen LogP contribution in [-0.2, 0) is 28.5 Å². The van der Waals surface area contributed by atoms with Crippen molar-refractivity contribution in [2.24, 2.45) is 11.8 Å². The van der Waals surface area contributed by atoms with Gasteiger partial charge in [-0.3, -0.25) is 0 Å². The Kier molecular flexibility index (Phi) is 10.00. The number of hydrogen-bond acceptors (Lipinski definition) is 6. The summed E-state index contributed by atoms with van der Waals surface area (Å²) in [5.41, 5.74) is 4.37. The number of halogens is 1. The maximum absolute atomic E-state index is 13.1. The van der Waals surface area contributed by atoms with E-state index in [0.717, 1.165) is 41.5 Å². The summed E-state index contributed by atoms with van der Waals surface area (Å²) in [6.45, 7) is 11.2. The highest BCUT2D eigenvalue weighted by atomic mass is 127. The van der Waals surface area contributed by atoms with E-state index in [1.165, 1.54) is 6.08 Å². The second-order valence-corrected chi connectivity index (χ2v) is 12.3. The topological polar surface area (TPSA) is 63.2 Å². The fraction of sp³-hybridized carbons (Fsp3) is 0.545. The van der Waals surface area contributed by atoms with Crippen LogP contribution in [0.1, 0.15) is 70.3 Å². The Morgan fingerprint density at radius 1 is 1.07 bits per heavy atom. The molecular formula is C33H41IO6. The molecule has 4 aliphatic heterocycles. The highest BCUT2D eigenvalue weighted by molar-refractivity contribution is 14.1. The molecule has 3 saturated heterocycles. The van der Waals surface area contributed by atoms with Crippen molar-refractivity contribution in [3.8, 4) is 0 Å². The summed E-state index contributed by atoms with van der Waals surface area (Å²) in [5.74, 6) is -0.279. The Labute approximate surface area is 251 Å². The molecule has 216 valence electrons. The molecule has 0 aromatic heterocycles. The summed E-state index contributed by atoms with van der Waals surface area (Å²) in [7, 11) is 0. The molecule has 40 heavy (non-hydrogen) atoms. The minimum absolute atomic E-state index is 0.0179. The highest BCUT2D eigenvalue weighted by Gasteiger charge is 2.43. The van der Waals surface area contributed by atoms with Crippen LogP contribution in [0, 0.1) is 11.8 Å². The monoisotopic (exact) mass is 660 g/mol. The summed E-state index contributed by atoms with van der Waals surface area (Å²) in [5, 5.41) is 0. The molecule has 9 atom stereocenters. The molecule has 0 aliphatic carbocycles. The number of esters is 1. The average Bonchev–Trinajstić information content (AvgIpc) is 2.94. The van der Waals surface area contributed by atoms with Gasteiger partial charge in [0.2, 0.25) is 0 Å². The molecule has 0 saturated carbocycles. The molecule has 0 spiro atoms. The Morgan fingerprint density at radius 3 is 2.75 bits per heavy atom. The van der Waals surface area contributed by atoms with Gasteiger partial charge in [0.15, 0.2) is 6.29 Å². The van der Waals surface area contributed by atoms with Crippen LogP contribution in [0.15, 0.2) is 64.3 Å². The summed E-state index contributed by atoms with van der Waals surface area (Å²) in [4.78, 5) is 13.1. The fourth-order valence-electron chi connectivity index (χ4n) is 6.39. The van der Waals surface area contributed by atoms with Crippen molar-refractivity contribution in [1.29, 1.82) is 0 Å². The van der Waals surface area contributed by atoms with Gasteiger partial charge in [-0.25, -0.2) is 4.79 Å². The molecule has 4 heterocycles. The van der Waals surface area contributed by atoms with E-state index in [-0.39, 0.29) is 54.4 Å².